The van der Waals surface area contributed by atoms with Gasteiger partial charge in [0.1, 0.15) is 11.6 Å². The first kappa shape index (κ1) is 16.5. The molecular formula is C18H21N3O2. The molecule has 0 saturated carbocycles. The van der Waals surface area contributed by atoms with Gasteiger partial charge in [-0.3, -0.25) is 9.79 Å². The molecule has 0 fully saturated rings. The van der Waals surface area contributed by atoms with E-state index in [-0.39, 0.29) is 6.61 Å². The van der Waals surface area contributed by atoms with Crippen LogP contribution in [0.3, 0.4) is 0 Å². The van der Waals surface area contributed by atoms with Crippen LogP contribution < -0.4 is 15.8 Å². The Hall–Kier alpha value is -2.82. The first-order valence-electron chi connectivity index (χ1n) is 7.51. The molecule has 5 heteroatoms. The van der Waals surface area contributed by atoms with Crippen molar-refractivity contribution in [3.05, 3.63) is 66.2 Å². The highest BCUT2D eigenvalue weighted by molar-refractivity contribution is 5.85. The molecule has 120 valence electrons. The molecular weight excluding hydrogens is 290 g/mol. The van der Waals surface area contributed by atoms with Gasteiger partial charge in [0.2, 0.25) is 0 Å². The largest absolute Gasteiger partial charge is 0.484 e. The maximum Gasteiger partial charge on any atom is 0.255 e. The molecule has 1 heterocycles. The number of amidine groups is 1. The van der Waals surface area contributed by atoms with Crippen molar-refractivity contribution < 1.29 is 9.53 Å². The number of carbonyl (C=O) groups excluding carboxylic acids is 1. The fourth-order valence-corrected chi connectivity index (χ4v) is 2.03. The Kier molecular flexibility index (Phi) is 6.65. The summed E-state index contributed by atoms with van der Waals surface area (Å²) in [7, 11) is 0. The van der Waals surface area contributed by atoms with E-state index >= 15 is 0 Å². The Labute approximate surface area is 136 Å². The van der Waals surface area contributed by atoms with Gasteiger partial charge in [0, 0.05) is 13.0 Å². The van der Waals surface area contributed by atoms with Crippen LogP contribution >= 0.6 is 0 Å². The third-order valence-electron chi connectivity index (χ3n) is 3.08. The molecule has 3 N–H and O–H groups in total. The second kappa shape index (κ2) is 9.25. The number of rotatable bonds is 5. The van der Waals surface area contributed by atoms with Crippen molar-refractivity contribution in [1.29, 1.82) is 0 Å². The fraction of sp³-hybridized carbons (Fsp3) is 0.222. The van der Waals surface area contributed by atoms with Gasteiger partial charge in [-0.05, 0) is 17.7 Å². The zero-order chi connectivity index (χ0) is 16.3. The van der Waals surface area contributed by atoms with Crippen LogP contribution in [0.1, 0.15) is 5.56 Å². The zero-order valence-electron chi connectivity index (χ0n) is 12.9. The third kappa shape index (κ3) is 6.65. The summed E-state index contributed by atoms with van der Waals surface area (Å²) in [5, 5.41) is 3.26. The normalized spacial score (nSPS) is 12.4. The molecule has 0 unspecified atom stereocenters. The van der Waals surface area contributed by atoms with E-state index in [1.165, 1.54) is 5.56 Å². The predicted molar refractivity (Wildman–Crippen MR) is 91.6 cm³/mol. The summed E-state index contributed by atoms with van der Waals surface area (Å²) in [5.41, 5.74) is 6.20. The van der Waals surface area contributed by atoms with E-state index in [2.05, 4.69) is 34.6 Å². The van der Waals surface area contributed by atoms with Gasteiger partial charge < -0.3 is 15.8 Å². The Balaban J connectivity index is 0.000000168. The van der Waals surface area contributed by atoms with Crippen molar-refractivity contribution in [2.45, 2.75) is 6.42 Å². The van der Waals surface area contributed by atoms with Crippen LogP contribution in [0.5, 0.6) is 5.75 Å². The summed E-state index contributed by atoms with van der Waals surface area (Å²) in [5.74, 6) is 1.32. The van der Waals surface area contributed by atoms with Crippen LogP contribution in [0.15, 0.2) is 65.7 Å². The number of benzene rings is 2. The van der Waals surface area contributed by atoms with Crippen LogP contribution in [0.25, 0.3) is 0 Å². The maximum atomic E-state index is 10.3. The van der Waals surface area contributed by atoms with Gasteiger partial charge in [-0.15, -0.1) is 0 Å². The average molecular weight is 311 g/mol. The van der Waals surface area contributed by atoms with Crippen molar-refractivity contribution in [1.82, 2.24) is 5.32 Å². The summed E-state index contributed by atoms with van der Waals surface area (Å²) in [6, 6.07) is 19.5. The number of primary amides is 1. The van der Waals surface area contributed by atoms with Gasteiger partial charge in [-0.25, -0.2) is 0 Å². The Morgan fingerprint density at radius 1 is 1.09 bits per heavy atom. The highest BCUT2D eigenvalue weighted by Gasteiger charge is 2.04. The number of aliphatic imine (C=N–C) groups is 1. The van der Waals surface area contributed by atoms with Crippen molar-refractivity contribution in [2.75, 3.05) is 19.7 Å². The molecule has 5 nitrogen and oxygen atoms in total. The van der Waals surface area contributed by atoms with Crippen molar-refractivity contribution >= 4 is 11.7 Å². The molecule has 0 bridgehead atoms. The minimum atomic E-state index is -0.464. The van der Waals surface area contributed by atoms with E-state index in [9.17, 15) is 4.79 Å². The molecule has 1 aliphatic rings. The number of hydrogen-bond acceptors (Lipinski definition) is 4. The monoisotopic (exact) mass is 311 g/mol. The smallest absolute Gasteiger partial charge is 0.255 e. The van der Waals surface area contributed by atoms with Gasteiger partial charge in [-0.1, -0.05) is 48.5 Å². The second-order valence-corrected chi connectivity index (χ2v) is 4.99. The molecule has 1 amide bonds. The SMILES string of the molecule is NC(=O)COc1ccccc1.c1ccc(CC2=NCCN2)cc1. The second-order valence-electron chi connectivity index (χ2n) is 4.99. The molecule has 0 aromatic heterocycles. The van der Waals surface area contributed by atoms with E-state index in [0.29, 0.717) is 5.75 Å². The number of carbonyl (C=O) groups is 1. The number of amides is 1. The highest BCUT2D eigenvalue weighted by atomic mass is 16.5. The fourth-order valence-electron chi connectivity index (χ4n) is 2.03. The minimum absolute atomic E-state index is 0.0655. The first-order valence-corrected chi connectivity index (χ1v) is 7.51. The van der Waals surface area contributed by atoms with E-state index in [0.717, 1.165) is 25.3 Å². The summed E-state index contributed by atoms with van der Waals surface area (Å²) < 4.78 is 4.99. The highest BCUT2D eigenvalue weighted by Crippen LogP contribution is 2.07. The predicted octanol–water partition coefficient (Wildman–Crippen LogP) is 1.78. The van der Waals surface area contributed by atoms with Gasteiger partial charge in [-0.2, -0.15) is 0 Å². The van der Waals surface area contributed by atoms with Crippen LogP contribution in [0, 0.1) is 0 Å². The molecule has 0 radical (unpaired) electrons. The third-order valence-corrected chi connectivity index (χ3v) is 3.08. The van der Waals surface area contributed by atoms with Crippen molar-refractivity contribution in [2.24, 2.45) is 10.7 Å². The van der Waals surface area contributed by atoms with E-state index < -0.39 is 5.91 Å². The van der Waals surface area contributed by atoms with Gasteiger partial charge >= 0.3 is 0 Å². The molecule has 23 heavy (non-hydrogen) atoms. The van der Waals surface area contributed by atoms with E-state index in [1.54, 1.807) is 12.1 Å². The molecule has 3 rings (SSSR count). The van der Waals surface area contributed by atoms with Gasteiger partial charge in [0.25, 0.3) is 5.91 Å². The first-order chi connectivity index (χ1) is 11.2. The van der Waals surface area contributed by atoms with Crippen LogP contribution in [0.4, 0.5) is 0 Å². The Morgan fingerprint density at radius 3 is 2.30 bits per heavy atom. The quantitative estimate of drug-likeness (QED) is 0.883. The Bertz CT molecular complexity index is 627. The number of nitrogens with one attached hydrogen (secondary N) is 1. The lowest BCUT2D eigenvalue weighted by Gasteiger charge is -2.00. The van der Waals surface area contributed by atoms with Gasteiger partial charge in [0.15, 0.2) is 6.61 Å². The number of ether oxygens (including phenoxy) is 1. The lowest BCUT2D eigenvalue weighted by atomic mass is 10.1. The number of para-hydroxylation sites is 1. The van der Waals surface area contributed by atoms with Crippen molar-refractivity contribution in [3.8, 4) is 5.75 Å². The average Bonchev–Trinajstić information content (AvgIpc) is 3.08. The van der Waals surface area contributed by atoms with Gasteiger partial charge in [0.05, 0.1) is 6.54 Å². The Morgan fingerprint density at radius 2 is 1.74 bits per heavy atom. The zero-order valence-corrected chi connectivity index (χ0v) is 12.9. The van der Waals surface area contributed by atoms with Crippen LogP contribution in [-0.2, 0) is 11.2 Å². The summed E-state index contributed by atoms with van der Waals surface area (Å²) >= 11 is 0. The summed E-state index contributed by atoms with van der Waals surface area (Å²) in [4.78, 5) is 14.6. The molecule has 0 atom stereocenters. The number of nitrogens with zero attached hydrogens (tertiary/aromatic N) is 1. The lowest BCUT2D eigenvalue weighted by Crippen LogP contribution is -2.20. The van der Waals surface area contributed by atoms with E-state index in [1.807, 2.05) is 24.3 Å². The maximum absolute atomic E-state index is 10.3. The summed E-state index contributed by atoms with van der Waals surface area (Å²) in [6.45, 7) is 1.87. The summed E-state index contributed by atoms with van der Waals surface area (Å²) in [6.07, 6.45) is 0.945. The van der Waals surface area contributed by atoms with E-state index in [4.69, 9.17) is 10.5 Å². The lowest BCUT2D eigenvalue weighted by molar-refractivity contribution is -0.119. The molecule has 2 aromatic rings. The topological polar surface area (TPSA) is 76.7 Å². The molecule has 1 aliphatic heterocycles. The molecule has 2 aromatic carbocycles. The number of hydrogen-bond donors (Lipinski definition) is 2. The van der Waals surface area contributed by atoms with Crippen molar-refractivity contribution in [3.63, 3.8) is 0 Å². The standard InChI is InChI=1S/C10H12N2.C8H9NO2/c1-2-4-9(5-3-1)8-10-11-6-7-12-10;9-8(10)6-11-7-4-2-1-3-5-7/h1-5H,6-8H2,(H,11,12);1-5H,6H2,(H2,9,10). The number of nitrogens with two attached hydrogens (primary N) is 1. The van der Waals surface area contributed by atoms with Crippen LogP contribution in [-0.4, -0.2) is 31.4 Å². The molecule has 0 spiro atoms. The molecule has 0 saturated heterocycles. The van der Waals surface area contributed by atoms with Crippen LogP contribution in [0.2, 0.25) is 0 Å². The molecule has 0 aliphatic carbocycles. The minimum Gasteiger partial charge on any atom is -0.484 e.